The van der Waals surface area contributed by atoms with Crippen LogP contribution in [0.4, 0.5) is 5.69 Å². The molecule has 0 spiro atoms. The molecule has 0 amide bonds. The predicted octanol–water partition coefficient (Wildman–Crippen LogP) is 5.42. The Morgan fingerprint density at radius 2 is 1.85 bits per heavy atom. The number of fused-ring (bicyclic) bond motifs is 1. The molecule has 0 fully saturated rings. The highest BCUT2D eigenvalue weighted by Gasteiger charge is 2.19. The average molecular weight is 351 g/mol. The molecule has 2 aromatic rings. The fraction of sp³-hybridized carbons (Fsp3) is 0.348. The Hall–Kier alpha value is -2.55. The van der Waals surface area contributed by atoms with Crippen LogP contribution in [0.5, 0.6) is 5.75 Å². The third-order valence-electron chi connectivity index (χ3n) is 4.39. The molecule has 2 aromatic carbocycles. The first kappa shape index (κ1) is 19.8. The maximum absolute atomic E-state index is 9.44. The smallest absolute Gasteiger partial charge is 0.128 e. The maximum Gasteiger partial charge on any atom is 0.128 e. The van der Waals surface area contributed by atoms with E-state index in [1.807, 2.05) is 12.1 Å². The molecule has 3 heteroatoms. The molecule has 0 unspecified atom stereocenters. The molecule has 0 saturated heterocycles. The van der Waals surface area contributed by atoms with Crippen LogP contribution in [0, 0.1) is 0 Å². The summed E-state index contributed by atoms with van der Waals surface area (Å²) in [6.45, 7) is 7.86. The molecule has 0 atom stereocenters. The highest BCUT2D eigenvalue weighted by Crippen LogP contribution is 2.38. The van der Waals surface area contributed by atoms with Crippen LogP contribution in [-0.2, 0) is 24.2 Å². The van der Waals surface area contributed by atoms with Crippen molar-refractivity contribution in [2.45, 2.75) is 46.1 Å². The molecule has 1 aliphatic carbocycles. The van der Waals surface area contributed by atoms with Crippen LogP contribution in [0.3, 0.4) is 0 Å². The number of carbonyl (C=O) groups is 1. The Morgan fingerprint density at radius 1 is 1.19 bits per heavy atom. The summed E-state index contributed by atoms with van der Waals surface area (Å²) >= 11 is 0. The number of anilines is 1. The first-order chi connectivity index (χ1) is 12.6. The van der Waals surface area contributed by atoms with Gasteiger partial charge in [0.25, 0.3) is 0 Å². The van der Waals surface area contributed by atoms with Gasteiger partial charge in [-0.15, -0.1) is 0 Å². The SMILES string of the molecule is C=Cc1c(OC)cc2c(c1NCc1ccccc1)CCCC2.CC(C)=O. The van der Waals surface area contributed by atoms with Crippen molar-refractivity contribution in [2.24, 2.45) is 0 Å². The summed E-state index contributed by atoms with van der Waals surface area (Å²) in [5.41, 5.74) is 6.43. The zero-order valence-corrected chi connectivity index (χ0v) is 16.1. The number of methoxy groups -OCH3 is 1. The molecule has 1 N–H and O–H groups in total. The molecule has 0 heterocycles. The molecule has 26 heavy (non-hydrogen) atoms. The molecule has 0 aromatic heterocycles. The van der Waals surface area contributed by atoms with E-state index < -0.39 is 0 Å². The lowest BCUT2D eigenvalue weighted by molar-refractivity contribution is -0.114. The average Bonchev–Trinajstić information content (AvgIpc) is 2.65. The Kier molecular flexibility index (Phi) is 7.46. The molecule has 0 aliphatic heterocycles. The van der Waals surface area contributed by atoms with Gasteiger partial charge in [0.05, 0.1) is 7.11 Å². The number of rotatable bonds is 5. The number of carbonyl (C=O) groups excluding carboxylic acids is 1. The molecular weight excluding hydrogens is 322 g/mol. The van der Waals surface area contributed by atoms with Crippen LogP contribution in [0.2, 0.25) is 0 Å². The van der Waals surface area contributed by atoms with Crippen molar-refractivity contribution >= 4 is 17.5 Å². The number of ketones is 1. The standard InChI is InChI=1S/C20H23NO.C3H6O/c1-3-17-19(22-2)13-16-11-7-8-12-18(16)20(17)21-14-15-9-5-4-6-10-15;1-3(2)4/h3-6,9-10,13,21H,1,7-8,11-12,14H2,2H3;1-2H3. The maximum atomic E-state index is 9.44. The quantitative estimate of drug-likeness (QED) is 0.781. The second-order valence-corrected chi connectivity index (χ2v) is 6.66. The monoisotopic (exact) mass is 351 g/mol. The van der Waals surface area contributed by atoms with Crippen molar-refractivity contribution in [3.63, 3.8) is 0 Å². The van der Waals surface area contributed by atoms with Gasteiger partial charge in [0, 0.05) is 17.8 Å². The van der Waals surface area contributed by atoms with Crippen LogP contribution in [0.15, 0.2) is 43.0 Å². The fourth-order valence-electron chi connectivity index (χ4n) is 3.26. The van der Waals surface area contributed by atoms with E-state index >= 15 is 0 Å². The highest BCUT2D eigenvalue weighted by atomic mass is 16.5. The topological polar surface area (TPSA) is 38.3 Å². The molecule has 0 saturated carbocycles. The number of nitrogens with one attached hydrogen (secondary N) is 1. The Bertz CT molecular complexity index is 747. The van der Waals surface area contributed by atoms with E-state index in [1.165, 1.54) is 49.1 Å². The normalized spacial score (nSPS) is 12.3. The van der Waals surface area contributed by atoms with Gasteiger partial charge in [-0.2, -0.15) is 0 Å². The van der Waals surface area contributed by atoms with E-state index in [1.54, 1.807) is 7.11 Å². The molecule has 1 aliphatic rings. The van der Waals surface area contributed by atoms with Crippen LogP contribution < -0.4 is 10.1 Å². The first-order valence-electron chi connectivity index (χ1n) is 9.17. The summed E-state index contributed by atoms with van der Waals surface area (Å²) in [5, 5.41) is 3.63. The minimum Gasteiger partial charge on any atom is -0.496 e. The minimum atomic E-state index is 0.167. The largest absolute Gasteiger partial charge is 0.496 e. The van der Waals surface area contributed by atoms with Gasteiger partial charge in [-0.1, -0.05) is 43.0 Å². The van der Waals surface area contributed by atoms with E-state index in [-0.39, 0.29) is 5.78 Å². The number of hydrogen-bond acceptors (Lipinski definition) is 3. The molecule has 3 rings (SSSR count). The lowest BCUT2D eigenvalue weighted by Crippen LogP contribution is -2.11. The summed E-state index contributed by atoms with van der Waals surface area (Å²) in [7, 11) is 1.73. The Morgan fingerprint density at radius 3 is 2.46 bits per heavy atom. The number of hydrogen-bond donors (Lipinski definition) is 1. The summed E-state index contributed by atoms with van der Waals surface area (Å²) in [6.07, 6.45) is 6.71. The number of aryl methyl sites for hydroxylation is 1. The van der Waals surface area contributed by atoms with Crippen molar-refractivity contribution in [2.75, 3.05) is 12.4 Å². The van der Waals surface area contributed by atoms with Gasteiger partial charge < -0.3 is 14.8 Å². The lowest BCUT2D eigenvalue weighted by Gasteiger charge is -2.24. The molecule has 0 radical (unpaired) electrons. The molecular formula is C23H29NO2. The Balaban J connectivity index is 0.000000552. The fourth-order valence-corrected chi connectivity index (χ4v) is 3.26. The summed E-state index contributed by atoms with van der Waals surface area (Å²) < 4.78 is 5.58. The van der Waals surface area contributed by atoms with Crippen molar-refractivity contribution in [1.29, 1.82) is 0 Å². The van der Waals surface area contributed by atoms with E-state index in [2.05, 4.69) is 42.2 Å². The Labute approximate surface area is 157 Å². The lowest BCUT2D eigenvalue weighted by atomic mass is 9.88. The predicted molar refractivity (Wildman–Crippen MR) is 110 cm³/mol. The number of benzene rings is 2. The zero-order chi connectivity index (χ0) is 18.9. The van der Waals surface area contributed by atoms with Gasteiger partial charge in [-0.25, -0.2) is 0 Å². The van der Waals surface area contributed by atoms with Gasteiger partial charge in [-0.3, -0.25) is 0 Å². The van der Waals surface area contributed by atoms with E-state index in [0.29, 0.717) is 0 Å². The number of ether oxygens (including phenoxy) is 1. The van der Waals surface area contributed by atoms with Gasteiger partial charge >= 0.3 is 0 Å². The van der Waals surface area contributed by atoms with Crippen molar-refractivity contribution in [3.05, 3.63) is 65.2 Å². The third kappa shape index (κ3) is 5.22. The van der Waals surface area contributed by atoms with Crippen LogP contribution in [-0.4, -0.2) is 12.9 Å². The van der Waals surface area contributed by atoms with Gasteiger partial charge in [0.15, 0.2) is 0 Å². The van der Waals surface area contributed by atoms with E-state index in [0.717, 1.165) is 30.7 Å². The van der Waals surface area contributed by atoms with E-state index in [9.17, 15) is 4.79 Å². The van der Waals surface area contributed by atoms with Gasteiger partial charge in [0.1, 0.15) is 11.5 Å². The second kappa shape index (κ2) is 9.81. The molecule has 0 bridgehead atoms. The molecule has 3 nitrogen and oxygen atoms in total. The van der Waals surface area contributed by atoms with Crippen molar-refractivity contribution < 1.29 is 9.53 Å². The third-order valence-corrected chi connectivity index (χ3v) is 4.39. The second-order valence-electron chi connectivity index (χ2n) is 6.66. The minimum absolute atomic E-state index is 0.167. The number of Topliss-reactive ketones (excluding diaryl/α,β-unsaturated/α-hetero) is 1. The summed E-state index contributed by atoms with van der Waals surface area (Å²) in [6, 6.07) is 12.7. The summed E-state index contributed by atoms with van der Waals surface area (Å²) in [4.78, 5) is 9.44. The van der Waals surface area contributed by atoms with Crippen LogP contribution >= 0.6 is 0 Å². The van der Waals surface area contributed by atoms with Crippen LogP contribution in [0.25, 0.3) is 6.08 Å². The summed E-state index contributed by atoms with van der Waals surface area (Å²) in [5.74, 6) is 1.09. The van der Waals surface area contributed by atoms with Crippen molar-refractivity contribution in [3.8, 4) is 5.75 Å². The van der Waals surface area contributed by atoms with E-state index in [4.69, 9.17) is 4.74 Å². The zero-order valence-electron chi connectivity index (χ0n) is 16.1. The highest BCUT2D eigenvalue weighted by molar-refractivity contribution is 5.76. The van der Waals surface area contributed by atoms with Crippen molar-refractivity contribution in [1.82, 2.24) is 0 Å². The molecule has 138 valence electrons. The van der Waals surface area contributed by atoms with Gasteiger partial charge in [-0.05, 0) is 62.3 Å². The van der Waals surface area contributed by atoms with Gasteiger partial charge in [0.2, 0.25) is 0 Å². The van der Waals surface area contributed by atoms with Crippen LogP contribution in [0.1, 0.15) is 48.9 Å². The first-order valence-corrected chi connectivity index (χ1v) is 9.17.